The van der Waals surface area contributed by atoms with E-state index in [4.69, 9.17) is 19.8 Å². The van der Waals surface area contributed by atoms with Crippen molar-refractivity contribution in [1.29, 1.82) is 0 Å². The number of alkyl halides is 1. The van der Waals surface area contributed by atoms with Crippen molar-refractivity contribution in [2.45, 2.75) is 51.0 Å². The average molecular weight is 413 g/mol. The molecule has 1 aliphatic rings. The third kappa shape index (κ3) is 5.07. The van der Waals surface area contributed by atoms with E-state index in [9.17, 15) is 9.18 Å². The molecular formula is C22H25ClF2N2O. The van der Waals surface area contributed by atoms with Crippen molar-refractivity contribution in [1.82, 2.24) is 9.88 Å². The van der Waals surface area contributed by atoms with E-state index in [-0.39, 0.29) is 30.0 Å². The fraction of sp³-hybridized carbons (Fsp3) is 0.455. The molecule has 1 aromatic heterocycles. The minimum atomic E-state index is -2.53. The molecule has 1 fully saturated rings. The average Bonchev–Trinajstić information content (AvgIpc) is 2.73. The molecule has 28 heavy (non-hydrogen) atoms. The summed E-state index contributed by atoms with van der Waals surface area (Å²) in [6.07, 6.45) is -4.09. The quantitative estimate of drug-likeness (QED) is 0.636. The van der Waals surface area contributed by atoms with Crippen LogP contribution in [0, 0.1) is 5.82 Å². The molecule has 1 aliphatic heterocycles. The van der Waals surface area contributed by atoms with Crippen molar-refractivity contribution in [3.63, 3.8) is 0 Å². The van der Waals surface area contributed by atoms with E-state index in [0.29, 0.717) is 11.3 Å². The fourth-order valence-corrected chi connectivity index (χ4v) is 3.10. The molecule has 2 heterocycles. The van der Waals surface area contributed by atoms with Crippen molar-refractivity contribution in [3.05, 3.63) is 64.2 Å². The molecule has 0 aliphatic carbocycles. The summed E-state index contributed by atoms with van der Waals surface area (Å²) < 4.78 is 77.9. The monoisotopic (exact) mass is 412 g/mol. The number of piperidine rings is 1. The molecule has 1 saturated heterocycles. The molecule has 0 N–H and O–H groups in total. The SMILES string of the molecule is [2H]C([2H])(C)c1ccc(CCC([2H])([2H])C2(F)CCN(C(=O)c3ccc(F)c(Cl)c3)C([2H])([2H])C2)nc1. The number of nitrogens with zero attached hydrogens (tertiary/aromatic N) is 2. The van der Waals surface area contributed by atoms with Crippen LogP contribution in [0.4, 0.5) is 8.78 Å². The Kier molecular flexibility index (Phi) is 4.51. The number of likely N-dealkylation sites (tertiary alicyclic amines) is 1. The summed E-state index contributed by atoms with van der Waals surface area (Å²) in [4.78, 5) is 17.8. The Morgan fingerprint density at radius 1 is 1.39 bits per heavy atom. The molecule has 6 heteroatoms. The molecule has 150 valence electrons. The van der Waals surface area contributed by atoms with E-state index >= 15 is 4.39 Å². The summed E-state index contributed by atoms with van der Waals surface area (Å²) in [6.45, 7) is -1.45. The molecule has 3 rings (SSSR count). The van der Waals surface area contributed by atoms with Crippen LogP contribution in [0.1, 0.15) is 62.4 Å². The van der Waals surface area contributed by atoms with Crippen LogP contribution in [-0.2, 0) is 12.8 Å². The second-order valence-electron chi connectivity index (χ2n) is 6.60. The lowest BCUT2D eigenvalue weighted by atomic mass is 9.87. The van der Waals surface area contributed by atoms with Gasteiger partial charge in [0.15, 0.2) is 0 Å². The molecule has 2 aromatic rings. The van der Waals surface area contributed by atoms with E-state index < -0.39 is 49.5 Å². The van der Waals surface area contributed by atoms with Gasteiger partial charge in [0.25, 0.3) is 5.91 Å². The zero-order chi connectivity index (χ0) is 25.5. The van der Waals surface area contributed by atoms with Gasteiger partial charge in [0.05, 0.1) is 5.02 Å². The first-order valence-electron chi connectivity index (χ1n) is 12.0. The molecule has 1 aromatic carbocycles. The van der Waals surface area contributed by atoms with Gasteiger partial charge in [-0.3, -0.25) is 9.78 Å². The second-order valence-corrected chi connectivity index (χ2v) is 7.01. The molecule has 0 spiro atoms. The predicted octanol–water partition coefficient (Wildman–Crippen LogP) is 5.40. The number of halogens is 3. The highest BCUT2D eigenvalue weighted by atomic mass is 35.5. The first kappa shape index (κ1) is 14.0. The van der Waals surface area contributed by atoms with Crippen LogP contribution in [0.3, 0.4) is 0 Å². The number of rotatable bonds is 6. The molecular weight excluding hydrogens is 382 g/mol. The lowest BCUT2D eigenvalue weighted by Crippen LogP contribution is -2.44. The minimum Gasteiger partial charge on any atom is -0.338 e. The van der Waals surface area contributed by atoms with Gasteiger partial charge in [0.1, 0.15) is 11.5 Å². The molecule has 1 unspecified atom stereocenters. The van der Waals surface area contributed by atoms with Crippen LogP contribution in [-0.4, -0.2) is 34.5 Å². The maximum Gasteiger partial charge on any atom is 0.253 e. The topological polar surface area (TPSA) is 33.2 Å². The first-order valence-corrected chi connectivity index (χ1v) is 9.35. The summed E-state index contributed by atoms with van der Waals surface area (Å²) in [5, 5.41) is -0.295. The van der Waals surface area contributed by atoms with Crippen molar-refractivity contribution in [3.8, 4) is 0 Å². The number of aromatic nitrogens is 1. The number of amides is 1. The Morgan fingerprint density at radius 2 is 2.21 bits per heavy atom. The number of hydrogen-bond acceptors (Lipinski definition) is 2. The van der Waals surface area contributed by atoms with Crippen LogP contribution >= 0.6 is 11.6 Å². The minimum absolute atomic E-state index is 0.0457. The van der Waals surface area contributed by atoms with Gasteiger partial charge in [0, 0.05) is 38.7 Å². The third-order valence-corrected chi connectivity index (χ3v) is 4.92. The Balaban J connectivity index is 1.71. The zero-order valence-corrected chi connectivity index (χ0v) is 16.2. The summed E-state index contributed by atoms with van der Waals surface area (Å²) >= 11 is 5.72. The number of carbonyl (C=O) groups is 1. The van der Waals surface area contributed by atoms with Gasteiger partial charge in [-0.05, 0) is 68.3 Å². The third-order valence-electron chi connectivity index (χ3n) is 4.63. The lowest BCUT2D eigenvalue weighted by molar-refractivity contribution is 0.0389. The Hall–Kier alpha value is -2.01. The van der Waals surface area contributed by atoms with Crippen LogP contribution < -0.4 is 0 Å². The van der Waals surface area contributed by atoms with Crippen LogP contribution in [0.15, 0.2) is 36.5 Å². The summed E-state index contributed by atoms with van der Waals surface area (Å²) in [6, 6.07) is 6.34. The van der Waals surface area contributed by atoms with Crippen LogP contribution in [0.5, 0.6) is 0 Å². The maximum atomic E-state index is 15.8. The summed E-state index contributed by atoms with van der Waals surface area (Å²) in [5.41, 5.74) is -1.75. The van der Waals surface area contributed by atoms with Crippen molar-refractivity contribution >= 4 is 17.5 Å². The number of aryl methyl sites for hydroxylation is 2. The molecule has 0 saturated carbocycles. The summed E-state index contributed by atoms with van der Waals surface area (Å²) in [7, 11) is 0. The molecule has 1 atom stereocenters. The van der Waals surface area contributed by atoms with Gasteiger partial charge >= 0.3 is 0 Å². The number of benzene rings is 1. The van der Waals surface area contributed by atoms with Crippen molar-refractivity contribution in [2.75, 3.05) is 13.0 Å². The Labute approximate surface area is 178 Å². The molecule has 0 radical (unpaired) electrons. The van der Waals surface area contributed by atoms with E-state index in [1.54, 1.807) is 12.1 Å². The first-order chi connectivity index (χ1) is 15.6. The molecule has 1 amide bonds. The van der Waals surface area contributed by atoms with Crippen molar-refractivity contribution < 1.29 is 21.8 Å². The van der Waals surface area contributed by atoms with E-state index in [1.807, 2.05) is 0 Å². The number of carbonyl (C=O) groups excluding carboxylic acids is 1. The standard InChI is InChI=1S/C22H25ClF2N2O/c1-2-16-5-7-18(26-15-16)4-3-9-22(25)10-12-27(13-11-22)21(28)17-6-8-20(24)19(23)14-17/h5-8,14-15H,2-4,9-13H2,1H3/i2D2,9D2,12D2. The predicted molar refractivity (Wildman–Crippen MR) is 107 cm³/mol. The van der Waals surface area contributed by atoms with E-state index in [1.165, 1.54) is 19.2 Å². The van der Waals surface area contributed by atoms with Gasteiger partial charge in [0.2, 0.25) is 0 Å². The van der Waals surface area contributed by atoms with Crippen LogP contribution in [0.2, 0.25) is 5.02 Å². The second kappa shape index (κ2) is 8.99. The largest absolute Gasteiger partial charge is 0.338 e. The van der Waals surface area contributed by atoms with Crippen molar-refractivity contribution in [2.24, 2.45) is 0 Å². The highest BCUT2D eigenvalue weighted by Gasteiger charge is 2.35. The number of pyridine rings is 1. The molecule has 0 bridgehead atoms. The fourth-order valence-electron chi connectivity index (χ4n) is 2.92. The van der Waals surface area contributed by atoms with Crippen LogP contribution in [0.25, 0.3) is 0 Å². The maximum absolute atomic E-state index is 15.8. The lowest BCUT2D eigenvalue weighted by Gasteiger charge is -2.36. The Morgan fingerprint density at radius 3 is 2.86 bits per heavy atom. The van der Waals surface area contributed by atoms with Gasteiger partial charge < -0.3 is 4.90 Å². The zero-order valence-electron chi connectivity index (χ0n) is 21.4. The van der Waals surface area contributed by atoms with E-state index in [2.05, 4.69) is 4.98 Å². The van der Waals surface area contributed by atoms with Gasteiger partial charge in [-0.1, -0.05) is 24.6 Å². The number of hydrogen-bond donors (Lipinski definition) is 0. The normalized spacial score (nSPS) is 25.6. The van der Waals surface area contributed by atoms with Gasteiger partial charge in [-0.15, -0.1) is 0 Å². The molecule has 3 nitrogen and oxygen atoms in total. The van der Waals surface area contributed by atoms with E-state index in [0.717, 1.165) is 17.0 Å². The highest BCUT2D eigenvalue weighted by molar-refractivity contribution is 6.31. The van der Waals surface area contributed by atoms with Gasteiger partial charge in [-0.25, -0.2) is 8.78 Å². The smallest absolute Gasteiger partial charge is 0.253 e. The Bertz CT molecular complexity index is 1060. The summed E-state index contributed by atoms with van der Waals surface area (Å²) in [5.74, 6) is -1.51. The highest BCUT2D eigenvalue weighted by Crippen LogP contribution is 2.32. The van der Waals surface area contributed by atoms with Gasteiger partial charge in [-0.2, -0.15) is 0 Å².